The molecule has 0 aliphatic heterocycles. The number of carbonyl (C=O) groups is 4. The summed E-state index contributed by atoms with van der Waals surface area (Å²) < 4.78 is 27.6. The Labute approximate surface area is 148 Å². The zero-order chi connectivity index (χ0) is 19.7. The van der Waals surface area contributed by atoms with E-state index in [1.54, 1.807) is 28.8 Å². The molecule has 0 atom stereocenters. The minimum absolute atomic E-state index is 0.0924. The zero-order valence-corrected chi connectivity index (χ0v) is 13.8. The van der Waals surface area contributed by atoms with Gasteiger partial charge in [-0.1, -0.05) is 24.3 Å². The Bertz CT molecular complexity index is 870. The molecule has 9 nitrogen and oxygen atoms in total. The van der Waals surface area contributed by atoms with Crippen LogP contribution in [0, 0.1) is 5.53 Å². The Hall–Kier alpha value is -3.37. The largest absolute Gasteiger partial charge is 0.395 e. The molecule has 0 amide bonds. The Morgan fingerprint density at radius 1 is 0.731 bits per heavy atom. The molecule has 134 valence electrons. The molecular weight excluding hydrogens is 364 g/mol. The first-order valence-electron chi connectivity index (χ1n) is 6.80. The molecule has 0 aromatic heterocycles. The number of benzene rings is 1. The molecule has 0 bridgehead atoms. The van der Waals surface area contributed by atoms with Crippen LogP contribution in [0.3, 0.4) is 0 Å². The number of rotatable bonds is 1. The number of fused-ring (bicyclic) bond motifs is 1. The molecule has 10 heteroatoms. The standard InChI is InChI=1S/C10H6O2.C6H4O2.H2N2O3S/c11-9-5-6-10(12)8-4-2-1-3-7(8)9;7-5-1-2-6(8)4-3-5;1-2-6(3,4)5/h1-6H;1-4H;1H,(H,3,4,5). The summed E-state index contributed by atoms with van der Waals surface area (Å²) in [6, 6.07) is 6.84. The average molecular weight is 376 g/mol. The van der Waals surface area contributed by atoms with Crippen molar-refractivity contribution in [2.45, 2.75) is 0 Å². The van der Waals surface area contributed by atoms with Crippen molar-refractivity contribution in [2.24, 2.45) is 4.52 Å². The molecule has 1 aromatic rings. The van der Waals surface area contributed by atoms with Gasteiger partial charge in [-0.3, -0.25) is 23.7 Å². The van der Waals surface area contributed by atoms with Crippen LogP contribution in [0.2, 0.25) is 0 Å². The summed E-state index contributed by atoms with van der Waals surface area (Å²) in [6.45, 7) is 0. The molecule has 26 heavy (non-hydrogen) atoms. The molecule has 3 rings (SSSR count). The minimum atomic E-state index is -4.37. The second kappa shape index (κ2) is 9.20. The fourth-order valence-electron chi connectivity index (χ4n) is 1.68. The van der Waals surface area contributed by atoms with Crippen LogP contribution in [0.25, 0.3) is 0 Å². The Balaban J connectivity index is 0.000000211. The van der Waals surface area contributed by atoms with Gasteiger partial charge in [-0.15, -0.1) is 0 Å². The lowest BCUT2D eigenvalue weighted by molar-refractivity contribution is -0.113. The Morgan fingerprint density at radius 2 is 1.04 bits per heavy atom. The summed E-state index contributed by atoms with van der Waals surface area (Å²) >= 11 is 0. The monoisotopic (exact) mass is 376 g/mol. The summed E-state index contributed by atoms with van der Waals surface area (Å²) in [5.74, 6) is -0.426. The van der Waals surface area contributed by atoms with E-state index in [9.17, 15) is 27.6 Å². The first-order chi connectivity index (χ1) is 12.1. The molecule has 0 fully saturated rings. The van der Waals surface area contributed by atoms with Crippen molar-refractivity contribution in [2.75, 3.05) is 0 Å². The Morgan fingerprint density at radius 3 is 1.31 bits per heavy atom. The highest BCUT2D eigenvalue weighted by molar-refractivity contribution is 7.84. The van der Waals surface area contributed by atoms with E-state index < -0.39 is 10.3 Å². The molecule has 2 N–H and O–H groups in total. The van der Waals surface area contributed by atoms with Gasteiger partial charge in [0.25, 0.3) is 0 Å². The van der Waals surface area contributed by atoms with E-state index in [0.717, 1.165) is 0 Å². The van der Waals surface area contributed by atoms with Gasteiger partial charge in [-0.05, 0) is 41.0 Å². The molecular formula is C16H12N2O7S. The summed E-state index contributed by atoms with van der Waals surface area (Å²) in [5, 5.41) is 0. The molecule has 2 aliphatic carbocycles. The van der Waals surface area contributed by atoms with Crippen molar-refractivity contribution in [3.05, 3.63) is 71.8 Å². The average Bonchev–Trinajstić information content (AvgIpc) is 2.61. The van der Waals surface area contributed by atoms with Crippen LogP contribution >= 0.6 is 0 Å². The van der Waals surface area contributed by atoms with Crippen molar-refractivity contribution in [3.63, 3.8) is 0 Å². The van der Waals surface area contributed by atoms with Gasteiger partial charge in [-0.25, -0.2) is 0 Å². The van der Waals surface area contributed by atoms with E-state index in [-0.39, 0.29) is 23.1 Å². The number of ketones is 4. The van der Waals surface area contributed by atoms with Crippen molar-refractivity contribution in [3.8, 4) is 0 Å². The summed E-state index contributed by atoms with van der Waals surface area (Å²) in [6.07, 6.45) is 7.63. The van der Waals surface area contributed by atoms with Gasteiger partial charge in [0.2, 0.25) is 0 Å². The second-order valence-corrected chi connectivity index (χ2v) is 5.70. The molecule has 0 unspecified atom stereocenters. The van der Waals surface area contributed by atoms with E-state index in [0.29, 0.717) is 11.1 Å². The second-order valence-electron chi connectivity index (χ2n) is 4.62. The van der Waals surface area contributed by atoms with Crippen molar-refractivity contribution in [1.29, 1.82) is 5.53 Å². The third kappa shape index (κ3) is 7.03. The van der Waals surface area contributed by atoms with Gasteiger partial charge in [-0.2, -0.15) is 13.9 Å². The zero-order valence-electron chi connectivity index (χ0n) is 13.0. The normalized spacial score (nSPS) is 14.7. The van der Waals surface area contributed by atoms with Gasteiger partial charge in [0, 0.05) is 11.1 Å². The molecule has 0 saturated carbocycles. The van der Waals surface area contributed by atoms with Crippen LogP contribution in [0.1, 0.15) is 20.7 Å². The number of nitrogens with one attached hydrogen (secondary N) is 1. The van der Waals surface area contributed by atoms with Crippen LogP contribution in [-0.2, 0) is 19.9 Å². The van der Waals surface area contributed by atoms with Crippen LogP contribution in [-0.4, -0.2) is 36.1 Å². The lowest BCUT2D eigenvalue weighted by atomic mass is 9.95. The van der Waals surface area contributed by atoms with E-state index in [2.05, 4.69) is 0 Å². The molecule has 1 aromatic carbocycles. The third-order valence-electron chi connectivity index (χ3n) is 2.78. The van der Waals surface area contributed by atoms with Crippen LogP contribution < -0.4 is 0 Å². The molecule has 2 aliphatic rings. The van der Waals surface area contributed by atoms with Crippen LogP contribution in [0.4, 0.5) is 0 Å². The summed E-state index contributed by atoms with van der Waals surface area (Å²) in [5.41, 5.74) is 6.65. The van der Waals surface area contributed by atoms with Gasteiger partial charge >= 0.3 is 10.3 Å². The van der Waals surface area contributed by atoms with Crippen molar-refractivity contribution < 1.29 is 32.1 Å². The van der Waals surface area contributed by atoms with Gasteiger partial charge in [0.15, 0.2) is 23.1 Å². The quantitative estimate of drug-likeness (QED) is 0.428. The summed E-state index contributed by atoms with van der Waals surface area (Å²) in [7, 11) is -4.37. The topological polar surface area (TPSA) is 159 Å². The molecule has 0 radical (unpaired) electrons. The van der Waals surface area contributed by atoms with Gasteiger partial charge in [0.05, 0.1) is 0 Å². The Kier molecular flexibility index (Phi) is 7.32. The van der Waals surface area contributed by atoms with Crippen molar-refractivity contribution in [1.82, 2.24) is 0 Å². The minimum Gasteiger partial charge on any atom is -0.290 e. The van der Waals surface area contributed by atoms with Crippen molar-refractivity contribution >= 4 is 33.4 Å². The maximum absolute atomic E-state index is 11.2. The first-order valence-corrected chi connectivity index (χ1v) is 8.19. The maximum Gasteiger partial charge on any atom is 0.395 e. The lowest BCUT2D eigenvalue weighted by Crippen LogP contribution is -2.10. The van der Waals surface area contributed by atoms with E-state index in [1.165, 1.54) is 36.5 Å². The fraction of sp³-hybridized carbons (Fsp3) is 0. The fourth-order valence-corrected chi connectivity index (χ4v) is 1.68. The van der Waals surface area contributed by atoms with E-state index in [4.69, 9.17) is 10.1 Å². The highest BCUT2D eigenvalue weighted by atomic mass is 32.2. The number of hydrogen-bond donors (Lipinski definition) is 2. The molecule has 0 spiro atoms. The highest BCUT2D eigenvalue weighted by Crippen LogP contribution is 2.15. The van der Waals surface area contributed by atoms with E-state index in [1.807, 2.05) is 0 Å². The SMILES string of the molecule is N=NS(=O)(=O)O.O=C1C=CC(=O)C=C1.O=C1C=CC(=O)c2ccccc21. The van der Waals surface area contributed by atoms with E-state index >= 15 is 0 Å². The number of allylic oxidation sites excluding steroid dienone is 6. The number of nitrogens with zero attached hydrogens (tertiary/aromatic N) is 1. The van der Waals surface area contributed by atoms with Gasteiger partial charge < -0.3 is 0 Å². The van der Waals surface area contributed by atoms with Gasteiger partial charge in [0.1, 0.15) is 0 Å². The van der Waals surface area contributed by atoms with Crippen LogP contribution in [0.5, 0.6) is 0 Å². The maximum atomic E-state index is 11.2. The predicted octanol–water partition coefficient (Wildman–Crippen LogP) is 1.69. The smallest absolute Gasteiger partial charge is 0.290 e. The summed E-state index contributed by atoms with van der Waals surface area (Å²) in [4.78, 5) is 42.9. The lowest BCUT2D eigenvalue weighted by Gasteiger charge is -2.06. The molecule has 0 heterocycles. The highest BCUT2D eigenvalue weighted by Gasteiger charge is 2.16. The number of carbonyl (C=O) groups excluding carboxylic acids is 4. The van der Waals surface area contributed by atoms with Crippen LogP contribution in [0.15, 0.2) is 65.2 Å². The third-order valence-corrected chi connectivity index (χ3v) is 3.01. The molecule has 0 saturated heterocycles. The first kappa shape index (κ1) is 20.7. The predicted molar refractivity (Wildman–Crippen MR) is 89.2 cm³/mol. The number of hydrogen-bond acceptors (Lipinski definition) is 7.